The van der Waals surface area contributed by atoms with Crippen LogP contribution in [0.3, 0.4) is 0 Å². The molecule has 0 radical (unpaired) electrons. The maximum Gasteiger partial charge on any atom is -0.00134 e. The monoisotopic (exact) mass is 352 g/mol. The second kappa shape index (κ2) is 4.99. The minimum atomic E-state index is 1.31. The van der Waals surface area contributed by atoms with E-state index in [1.807, 2.05) is 0 Å². The Hall–Kier alpha value is -3.64. The number of hydrogen-bond acceptors (Lipinski definition) is 0. The summed E-state index contributed by atoms with van der Waals surface area (Å²) in [5.74, 6) is 0. The van der Waals surface area contributed by atoms with Crippen LogP contribution in [0.25, 0.3) is 65.3 Å². The molecule has 0 heterocycles. The van der Waals surface area contributed by atoms with E-state index in [0.717, 1.165) is 0 Å². The van der Waals surface area contributed by atoms with Crippen LogP contribution in [0.5, 0.6) is 0 Å². The predicted molar refractivity (Wildman–Crippen MR) is 121 cm³/mol. The third kappa shape index (κ3) is 1.62. The lowest BCUT2D eigenvalue weighted by Gasteiger charge is -2.13. The van der Waals surface area contributed by atoms with E-state index in [1.54, 1.807) is 0 Å². The molecule has 6 aromatic rings. The van der Waals surface area contributed by atoms with Crippen molar-refractivity contribution in [3.8, 4) is 22.3 Å². The standard InChI is InChI=1S/C28H16/c1-2-9-18-17(8-1)16-25-26-21(18)14-7-15-24(26)27-22-12-5-3-10-19(22)20-11-4-6-13-23(20)28(25)27/h1-16H. The first-order valence-electron chi connectivity index (χ1n) is 9.80. The molecule has 28 heavy (non-hydrogen) atoms. The third-order valence-corrected chi connectivity index (χ3v) is 6.36. The molecule has 0 saturated carbocycles. The quantitative estimate of drug-likeness (QED) is 0.243. The van der Waals surface area contributed by atoms with Crippen LogP contribution in [0, 0.1) is 0 Å². The Morgan fingerprint density at radius 2 is 0.893 bits per heavy atom. The number of rotatable bonds is 0. The summed E-state index contributed by atoms with van der Waals surface area (Å²) >= 11 is 0. The van der Waals surface area contributed by atoms with E-state index in [4.69, 9.17) is 0 Å². The fraction of sp³-hybridized carbons (Fsp3) is 0. The highest BCUT2D eigenvalue weighted by Gasteiger charge is 2.26. The van der Waals surface area contributed by atoms with Crippen LogP contribution in [0.2, 0.25) is 0 Å². The van der Waals surface area contributed by atoms with Crippen molar-refractivity contribution in [3.63, 3.8) is 0 Å². The van der Waals surface area contributed by atoms with Crippen LogP contribution in [-0.2, 0) is 0 Å². The SMILES string of the molecule is c1ccc2c(c1)cc1c3c(cccc32)-c2c-1c1ccccc1c1ccccc21. The molecule has 0 amide bonds. The predicted octanol–water partition coefficient (Wildman–Crippen LogP) is 7.95. The lowest BCUT2D eigenvalue weighted by Crippen LogP contribution is -1.85. The molecule has 0 aromatic heterocycles. The van der Waals surface area contributed by atoms with E-state index in [-0.39, 0.29) is 0 Å². The molecule has 0 atom stereocenters. The third-order valence-electron chi connectivity index (χ3n) is 6.36. The summed E-state index contributed by atoms with van der Waals surface area (Å²) < 4.78 is 0. The summed E-state index contributed by atoms with van der Waals surface area (Å²) in [6.07, 6.45) is 0. The Kier molecular flexibility index (Phi) is 2.57. The Morgan fingerprint density at radius 1 is 0.357 bits per heavy atom. The van der Waals surface area contributed by atoms with Gasteiger partial charge in [0.1, 0.15) is 0 Å². The lowest BCUT2D eigenvalue weighted by atomic mass is 9.90. The molecule has 0 spiro atoms. The number of benzene rings is 6. The van der Waals surface area contributed by atoms with Gasteiger partial charge in [-0.1, -0.05) is 91.0 Å². The second-order valence-corrected chi connectivity index (χ2v) is 7.71. The molecule has 1 aliphatic carbocycles. The summed E-state index contributed by atoms with van der Waals surface area (Å²) in [6.45, 7) is 0. The summed E-state index contributed by atoms with van der Waals surface area (Å²) in [6, 6.07) is 35.7. The molecule has 6 aromatic carbocycles. The average molecular weight is 352 g/mol. The molecule has 0 aliphatic heterocycles. The van der Waals surface area contributed by atoms with E-state index in [9.17, 15) is 0 Å². The largest absolute Gasteiger partial charge is 0.0616 e. The maximum atomic E-state index is 2.40. The van der Waals surface area contributed by atoms with Crippen LogP contribution in [0.1, 0.15) is 0 Å². The molecule has 0 nitrogen and oxygen atoms in total. The summed E-state index contributed by atoms with van der Waals surface area (Å²) in [4.78, 5) is 0. The first-order valence-corrected chi connectivity index (χ1v) is 9.80. The Bertz CT molecular complexity index is 1600. The van der Waals surface area contributed by atoms with E-state index in [1.165, 1.54) is 65.3 Å². The molecule has 0 N–H and O–H groups in total. The second-order valence-electron chi connectivity index (χ2n) is 7.71. The van der Waals surface area contributed by atoms with Crippen LogP contribution in [0.15, 0.2) is 97.1 Å². The summed E-state index contributed by atoms with van der Waals surface area (Å²) in [5, 5.41) is 10.8. The number of hydrogen-bond donors (Lipinski definition) is 0. The van der Waals surface area contributed by atoms with Gasteiger partial charge in [0.25, 0.3) is 0 Å². The highest BCUT2D eigenvalue weighted by Crippen LogP contribution is 2.54. The van der Waals surface area contributed by atoms with Crippen molar-refractivity contribution in [1.29, 1.82) is 0 Å². The summed E-state index contributed by atoms with van der Waals surface area (Å²) in [7, 11) is 0. The average Bonchev–Trinajstić information content (AvgIpc) is 3.10. The van der Waals surface area contributed by atoms with Gasteiger partial charge >= 0.3 is 0 Å². The zero-order chi connectivity index (χ0) is 18.2. The van der Waals surface area contributed by atoms with Gasteiger partial charge in [-0.2, -0.15) is 0 Å². The zero-order valence-electron chi connectivity index (χ0n) is 15.2. The minimum Gasteiger partial charge on any atom is -0.0616 e. The molecule has 128 valence electrons. The number of fused-ring (bicyclic) bond motifs is 10. The van der Waals surface area contributed by atoms with Crippen molar-refractivity contribution < 1.29 is 0 Å². The normalized spacial score (nSPS) is 12.3. The highest BCUT2D eigenvalue weighted by molar-refractivity contribution is 6.32. The van der Waals surface area contributed by atoms with Crippen molar-refractivity contribution in [2.75, 3.05) is 0 Å². The minimum absolute atomic E-state index is 1.31. The van der Waals surface area contributed by atoms with E-state index in [2.05, 4.69) is 97.1 Å². The van der Waals surface area contributed by atoms with Gasteiger partial charge in [0.2, 0.25) is 0 Å². The van der Waals surface area contributed by atoms with Crippen LogP contribution in [-0.4, -0.2) is 0 Å². The smallest absolute Gasteiger partial charge is 0.00134 e. The molecule has 0 heteroatoms. The molecular weight excluding hydrogens is 336 g/mol. The van der Waals surface area contributed by atoms with E-state index >= 15 is 0 Å². The van der Waals surface area contributed by atoms with Crippen molar-refractivity contribution in [3.05, 3.63) is 97.1 Å². The molecule has 0 bridgehead atoms. The fourth-order valence-corrected chi connectivity index (χ4v) is 5.27. The first kappa shape index (κ1) is 14.4. The van der Waals surface area contributed by atoms with Crippen LogP contribution in [0.4, 0.5) is 0 Å². The van der Waals surface area contributed by atoms with Gasteiger partial charge < -0.3 is 0 Å². The van der Waals surface area contributed by atoms with Crippen molar-refractivity contribution in [2.24, 2.45) is 0 Å². The van der Waals surface area contributed by atoms with Crippen molar-refractivity contribution >= 4 is 43.1 Å². The fourth-order valence-electron chi connectivity index (χ4n) is 5.27. The van der Waals surface area contributed by atoms with Crippen molar-refractivity contribution in [2.45, 2.75) is 0 Å². The Morgan fingerprint density at radius 3 is 1.61 bits per heavy atom. The maximum absolute atomic E-state index is 2.40. The van der Waals surface area contributed by atoms with Crippen LogP contribution >= 0.6 is 0 Å². The Labute approximate surface area is 162 Å². The molecule has 0 fully saturated rings. The van der Waals surface area contributed by atoms with Crippen LogP contribution < -0.4 is 0 Å². The summed E-state index contributed by atoms with van der Waals surface area (Å²) in [5.41, 5.74) is 5.54. The molecule has 0 saturated heterocycles. The van der Waals surface area contributed by atoms with Gasteiger partial charge in [-0.3, -0.25) is 0 Å². The van der Waals surface area contributed by atoms with Crippen molar-refractivity contribution in [1.82, 2.24) is 0 Å². The molecular formula is C28H16. The van der Waals surface area contributed by atoms with Gasteiger partial charge in [0, 0.05) is 0 Å². The molecule has 0 unspecified atom stereocenters. The van der Waals surface area contributed by atoms with Gasteiger partial charge in [0.05, 0.1) is 0 Å². The first-order chi connectivity index (χ1) is 13.9. The lowest BCUT2D eigenvalue weighted by molar-refractivity contribution is 1.75. The zero-order valence-corrected chi connectivity index (χ0v) is 15.2. The molecule has 1 aliphatic rings. The van der Waals surface area contributed by atoms with Gasteiger partial charge in [-0.05, 0) is 71.4 Å². The van der Waals surface area contributed by atoms with E-state index in [0.29, 0.717) is 0 Å². The molecule has 7 rings (SSSR count). The Balaban J connectivity index is 1.84. The van der Waals surface area contributed by atoms with Gasteiger partial charge in [0.15, 0.2) is 0 Å². The highest BCUT2D eigenvalue weighted by atomic mass is 14.3. The van der Waals surface area contributed by atoms with Gasteiger partial charge in [-0.15, -0.1) is 0 Å². The topological polar surface area (TPSA) is 0 Å². The van der Waals surface area contributed by atoms with E-state index < -0.39 is 0 Å². The van der Waals surface area contributed by atoms with Gasteiger partial charge in [-0.25, -0.2) is 0 Å².